The molecule has 0 aliphatic carbocycles. The van der Waals surface area contributed by atoms with Crippen LogP contribution in [-0.4, -0.2) is 69.2 Å². The van der Waals surface area contributed by atoms with E-state index in [0.29, 0.717) is 38.5 Å². The molecule has 1 aliphatic rings. The van der Waals surface area contributed by atoms with Crippen molar-refractivity contribution >= 4 is 5.91 Å². The number of benzene rings is 2. The van der Waals surface area contributed by atoms with Crippen LogP contribution in [0.2, 0.25) is 0 Å². The number of carbonyl (C=O) groups excluding carboxylic acids is 1. The van der Waals surface area contributed by atoms with Gasteiger partial charge in [-0.1, -0.05) is 0 Å². The van der Waals surface area contributed by atoms with Crippen molar-refractivity contribution in [3.63, 3.8) is 0 Å². The van der Waals surface area contributed by atoms with E-state index >= 15 is 0 Å². The van der Waals surface area contributed by atoms with Gasteiger partial charge >= 0.3 is 0 Å². The summed E-state index contributed by atoms with van der Waals surface area (Å²) in [6.07, 6.45) is 0. The lowest BCUT2D eigenvalue weighted by atomic mass is 10.1. The summed E-state index contributed by atoms with van der Waals surface area (Å²) in [7, 11) is 1.60. The molecule has 1 fully saturated rings. The molecule has 30 heavy (non-hydrogen) atoms. The van der Waals surface area contributed by atoms with Crippen molar-refractivity contribution in [1.29, 1.82) is 0 Å². The summed E-state index contributed by atoms with van der Waals surface area (Å²) < 4.78 is 33.8. The number of amides is 1. The van der Waals surface area contributed by atoms with Crippen LogP contribution in [0.4, 0.5) is 8.78 Å². The Kier molecular flexibility index (Phi) is 5.66. The Balaban J connectivity index is 1.38. The molecule has 10 heteroatoms. The molecule has 0 saturated carbocycles. The summed E-state index contributed by atoms with van der Waals surface area (Å²) in [6.45, 7) is 2.54. The Bertz CT molecular complexity index is 1030. The van der Waals surface area contributed by atoms with Gasteiger partial charge in [-0.25, -0.2) is 8.78 Å². The molecule has 0 spiro atoms. The topological polar surface area (TPSA) is 76.4 Å². The second kappa shape index (κ2) is 8.54. The first kappa shape index (κ1) is 19.9. The van der Waals surface area contributed by atoms with Crippen molar-refractivity contribution in [3.8, 4) is 11.4 Å². The summed E-state index contributed by atoms with van der Waals surface area (Å²) in [4.78, 5) is 16.2. The van der Waals surface area contributed by atoms with Gasteiger partial charge in [0, 0.05) is 32.2 Å². The average molecular weight is 414 g/mol. The van der Waals surface area contributed by atoms with E-state index in [9.17, 15) is 13.6 Å². The number of rotatable bonds is 5. The molecule has 3 aromatic rings. The molecule has 4 rings (SSSR count). The number of halogens is 2. The highest BCUT2D eigenvalue weighted by Gasteiger charge is 2.25. The second-order valence-corrected chi connectivity index (χ2v) is 6.90. The van der Waals surface area contributed by atoms with Gasteiger partial charge in [0.2, 0.25) is 0 Å². The molecular formula is C20H20F2N6O2. The number of tetrazole rings is 1. The molecule has 0 unspecified atom stereocenters. The zero-order valence-electron chi connectivity index (χ0n) is 16.3. The molecule has 156 valence electrons. The highest BCUT2D eigenvalue weighted by molar-refractivity contribution is 5.94. The Hall–Kier alpha value is -3.40. The van der Waals surface area contributed by atoms with E-state index in [0.717, 1.165) is 23.6 Å². The van der Waals surface area contributed by atoms with Crippen molar-refractivity contribution in [3.05, 3.63) is 65.5 Å². The number of hydrogen-bond donors (Lipinski definition) is 0. The van der Waals surface area contributed by atoms with E-state index in [1.165, 1.54) is 6.07 Å². The molecule has 0 N–H and O–H groups in total. The molecule has 2 aromatic carbocycles. The number of piperazine rings is 1. The zero-order valence-corrected chi connectivity index (χ0v) is 16.3. The van der Waals surface area contributed by atoms with E-state index in [4.69, 9.17) is 4.74 Å². The molecule has 2 heterocycles. The lowest BCUT2D eigenvalue weighted by molar-refractivity contribution is 0.0620. The van der Waals surface area contributed by atoms with E-state index in [1.54, 1.807) is 16.7 Å². The van der Waals surface area contributed by atoms with Gasteiger partial charge in [-0.3, -0.25) is 9.69 Å². The van der Waals surface area contributed by atoms with Gasteiger partial charge in [-0.05, 0) is 46.8 Å². The van der Waals surface area contributed by atoms with Crippen LogP contribution >= 0.6 is 0 Å². The molecule has 0 radical (unpaired) electrons. The van der Waals surface area contributed by atoms with Crippen LogP contribution in [0.1, 0.15) is 16.2 Å². The van der Waals surface area contributed by atoms with Gasteiger partial charge in [0.25, 0.3) is 5.91 Å². The van der Waals surface area contributed by atoms with Crippen molar-refractivity contribution in [2.45, 2.75) is 6.54 Å². The van der Waals surface area contributed by atoms with E-state index in [1.807, 2.05) is 24.3 Å². The third kappa shape index (κ3) is 4.13. The van der Waals surface area contributed by atoms with Gasteiger partial charge in [-0.2, -0.15) is 4.68 Å². The quantitative estimate of drug-likeness (QED) is 0.635. The Morgan fingerprint density at radius 3 is 2.47 bits per heavy atom. The van der Waals surface area contributed by atoms with Crippen molar-refractivity contribution in [2.75, 3.05) is 33.3 Å². The molecule has 8 nitrogen and oxygen atoms in total. The number of nitrogens with zero attached hydrogens (tertiary/aromatic N) is 6. The van der Waals surface area contributed by atoms with Gasteiger partial charge in [-0.15, -0.1) is 5.10 Å². The largest absolute Gasteiger partial charge is 0.497 e. The third-order valence-electron chi connectivity index (χ3n) is 5.04. The standard InChI is InChI=1S/C20H20F2N6O2/c1-30-16-5-3-15(4-6-16)28-19(23-24-25-28)13-26-8-10-27(11-9-26)20(29)17-7-2-14(21)12-18(17)22/h2-7,12H,8-11,13H2,1H3. The third-order valence-corrected chi connectivity index (χ3v) is 5.04. The summed E-state index contributed by atoms with van der Waals surface area (Å²) in [5.74, 6) is -0.573. The molecule has 0 atom stereocenters. The van der Waals surface area contributed by atoms with Crippen LogP contribution in [0, 0.1) is 11.6 Å². The van der Waals surface area contributed by atoms with Crippen molar-refractivity contribution in [1.82, 2.24) is 30.0 Å². The van der Waals surface area contributed by atoms with Crippen LogP contribution in [0.5, 0.6) is 5.75 Å². The number of aromatic nitrogens is 4. The summed E-state index contributed by atoms with van der Waals surface area (Å²) in [6, 6.07) is 10.4. The van der Waals surface area contributed by atoms with E-state index in [-0.39, 0.29) is 5.56 Å². The maximum atomic E-state index is 13.9. The Morgan fingerprint density at radius 2 is 1.80 bits per heavy atom. The highest BCUT2D eigenvalue weighted by Crippen LogP contribution is 2.17. The normalized spacial score (nSPS) is 14.7. The minimum atomic E-state index is -0.846. The fourth-order valence-corrected chi connectivity index (χ4v) is 3.37. The van der Waals surface area contributed by atoms with E-state index in [2.05, 4.69) is 20.4 Å². The maximum Gasteiger partial charge on any atom is 0.256 e. The molecule has 1 aliphatic heterocycles. The number of hydrogen-bond acceptors (Lipinski definition) is 6. The molecular weight excluding hydrogens is 394 g/mol. The Labute approximate surface area is 171 Å². The van der Waals surface area contributed by atoms with Gasteiger partial charge in [0.15, 0.2) is 5.82 Å². The highest BCUT2D eigenvalue weighted by atomic mass is 19.1. The molecule has 0 bridgehead atoms. The summed E-state index contributed by atoms with van der Waals surface area (Å²) in [5.41, 5.74) is 0.699. The predicted molar refractivity (Wildman–Crippen MR) is 103 cm³/mol. The van der Waals surface area contributed by atoms with Crippen LogP contribution in [-0.2, 0) is 6.54 Å². The lowest BCUT2D eigenvalue weighted by Gasteiger charge is -2.34. The van der Waals surface area contributed by atoms with Gasteiger partial charge in [0.05, 0.1) is 24.9 Å². The molecule has 1 amide bonds. The van der Waals surface area contributed by atoms with Crippen LogP contribution in [0.15, 0.2) is 42.5 Å². The minimum absolute atomic E-state index is 0.117. The van der Waals surface area contributed by atoms with Gasteiger partial charge in [0.1, 0.15) is 17.4 Å². The second-order valence-electron chi connectivity index (χ2n) is 6.90. The first-order chi connectivity index (χ1) is 14.5. The first-order valence-electron chi connectivity index (χ1n) is 9.43. The lowest BCUT2D eigenvalue weighted by Crippen LogP contribution is -2.48. The molecule has 1 aromatic heterocycles. The number of carbonyl (C=O) groups is 1. The fourth-order valence-electron chi connectivity index (χ4n) is 3.37. The SMILES string of the molecule is COc1ccc(-n2nnnc2CN2CCN(C(=O)c3ccc(F)cc3F)CC2)cc1. The summed E-state index contributed by atoms with van der Waals surface area (Å²) in [5, 5.41) is 11.9. The van der Waals surface area contributed by atoms with Crippen LogP contribution in [0.3, 0.4) is 0 Å². The average Bonchev–Trinajstić information content (AvgIpc) is 3.22. The predicted octanol–water partition coefficient (Wildman–Crippen LogP) is 1.91. The first-order valence-corrected chi connectivity index (χ1v) is 9.43. The summed E-state index contributed by atoms with van der Waals surface area (Å²) >= 11 is 0. The number of ether oxygens (including phenoxy) is 1. The fraction of sp³-hybridized carbons (Fsp3) is 0.300. The van der Waals surface area contributed by atoms with Crippen LogP contribution in [0.25, 0.3) is 5.69 Å². The van der Waals surface area contributed by atoms with Crippen molar-refractivity contribution < 1.29 is 18.3 Å². The number of methoxy groups -OCH3 is 1. The minimum Gasteiger partial charge on any atom is -0.497 e. The smallest absolute Gasteiger partial charge is 0.256 e. The van der Waals surface area contributed by atoms with E-state index < -0.39 is 17.5 Å². The van der Waals surface area contributed by atoms with Crippen LogP contribution < -0.4 is 4.74 Å². The molecule has 1 saturated heterocycles. The maximum absolute atomic E-state index is 13.9. The Morgan fingerprint density at radius 1 is 1.07 bits per heavy atom. The van der Waals surface area contributed by atoms with Gasteiger partial charge < -0.3 is 9.64 Å². The monoisotopic (exact) mass is 414 g/mol. The van der Waals surface area contributed by atoms with Crippen molar-refractivity contribution in [2.24, 2.45) is 0 Å². The zero-order chi connectivity index (χ0) is 21.1.